The first-order valence-corrected chi connectivity index (χ1v) is 7.43. The largest absolute Gasteiger partial charge is 0.271 e. The van der Waals surface area contributed by atoms with E-state index in [0.717, 1.165) is 29.2 Å². The number of nitrogens with one attached hydrogen (secondary N) is 1. The van der Waals surface area contributed by atoms with Crippen molar-refractivity contribution in [3.05, 3.63) is 35.1 Å². The van der Waals surface area contributed by atoms with E-state index in [-0.39, 0.29) is 11.9 Å². The molecule has 3 aliphatic carbocycles. The highest BCUT2D eigenvalue weighted by Crippen LogP contribution is 2.72. The van der Waals surface area contributed by atoms with Crippen molar-refractivity contribution in [3.63, 3.8) is 0 Å². The maximum absolute atomic E-state index is 13.2. The highest BCUT2D eigenvalue weighted by Gasteiger charge is 2.66. The molecule has 0 heterocycles. The van der Waals surface area contributed by atoms with Gasteiger partial charge in [-0.05, 0) is 79.0 Å². The lowest BCUT2D eigenvalue weighted by Gasteiger charge is -2.22. The maximum atomic E-state index is 13.2. The molecule has 0 radical (unpaired) electrons. The van der Waals surface area contributed by atoms with Crippen LogP contribution in [-0.4, -0.2) is 0 Å². The van der Waals surface area contributed by atoms with Gasteiger partial charge in [0, 0.05) is 6.04 Å². The lowest BCUT2D eigenvalue weighted by atomic mass is 9.91. The average molecular weight is 260 g/mol. The minimum Gasteiger partial charge on any atom is -0.271 e. The molecule has 3 saturated carbocycles. The zero-order valence-electron chi connectivity index (χ0n) is 11.3. The summed E-state index contributed by atoms with van der Waals surface area (Å²) >= 11 is 0. The molecule has 4 rings (SSSR count). The van der Waals surface area contributed by atoms with Crippen LogP contribution < -0.4 is 11.3 Å². The Morgan fingerprint density at radius 1 is 1.26 bits per heavy atom. The first-order chi connectivity index (χ1) is 9.20. The monoisotopic (exact) mass is 260 g/mol. The fourth-order valence-corrected chi connectivity index (χ4v) is 5.23. The number of aryl methyl sites for hydroxylation is 1. The smallest absolute Gasteiger partial charge is 0.123 e. The SMILES string of the molecule is Cc1cc(F)ccc1C(NN)C1C2C3CCC(C3)C21. The predicted molar refractivity (Wildman–Crippen MR) is 72.5 cm³/mol. The van der Waals surface area contributed by atoms with Crippen LogP contribution in [0.4, 0.5) is 4.39 Å². The lowest BCUT2D eigenvalue weighted by Crippen LogP contribution is -2.31. The summed E-state index contributed by atoms with van der Waals surface area (Å²) in [5.74, 6) is 9.99. The quantitative estimate of drug-likeness (QED) is 0.648. The van der Waals surface area contributed by atoms with Gasteiger partial charge in [0.05, 0.1) is 0 Å². The molecule has 2 bridgehead atoms. The van der Waals surface area contributed by atoms with Crippen molar-refractivity contribution in [2.45, 2.75) is 32.2 Å². The van der Waals surface area contributed by atoms with Gasteiger partial charge in [0.2, 0.25) is 0 Å². The van der Waals surface area contributed by atoms with Gasteiger partial charge in [-0.25, -0.2) is 4.39 Å². The molecular formula is C16H21FN2. The first-order valence-electron chi connectivity index (χ1n) is 7.43. The molecule has 3 N–H and O–H groups in total. The van der Waals surface area contributed by atoms with Gasteiger partial charge in [-0.15, -0.1) is 0 Å². The minimum absolute atomic E-state index is 0.159. The molecule has 0 aromatic heterocycles. The summed E-state index contributed by atoms with van der Waals surface area (Å²) in [6, 6.07) is 5.29. The van der Waals surface area contributed by atoms with Crippen LogP contribution in [0.2, 0.25) is 0 Å². The molecule has 1 aromatic rings. The molecule has 0 aliphatic heterocycles. The number of hydrogen-bond donors (Lipinski definition) is 2. The van der Waals surface area contributed by atoms with Gasteiger partial charge in [-0.3, -0.25) is 11.3 Å². The van der Waals surface area contributed by atoms with E-state index in [4.69, 9.17) is 5.84 Å². The molecule has 3 heteroatoms. The van der Waals surface area contributed by atoms with E-state index in [1.165, 1.54) is 24.8 Å². The van der Waals surface area contributed by atoms with Gasteiger partial charge in [-0.2, -0.15) is 0 Å². The summed E-state index contributed by atoms with van der Waals surface area (Å²) in [7, 11) is 0. The molecular weight excluding hydrogens is 239 g/mol. The Morgan fingerprint density at radius 3 is 2.53 bits per heavy atom. The van der Waals surface area contributed by atoms with Crippen LogP contribution in [0.1, 0.15) is 36.4 Å². The van der Waals surface area contributed by atoms with Crippen LogP contribution in [0.3, 0.4) is 0 Å². The van der Waals surface area contributed by atoms with E-state index < -0.39 is 0 Å². The van der Waals surface area contributed by atoms with Gasteiger partial charge in [-0.1, -0.05) is 6.07 Å². The van der Waals surface area contributed by atoms with Crippen LogP contribution in [0.5, 0.6) is 0 Å². The zero-order chi connectivity index (χ0) is 13.1. The number of rotatable bonds is 3. The molecule has 5 unspecified atom stereocenters. The van der Waals surface area contributed by atoms with Gasteiger partial charge < -0.3 is 0 Å². The second-order valence-corrected chi connectivity index (χ2v) is 6.71. The van der Waals surface area contributed by atoms with E-state index in [1.807, 2.05) is 13.0 Å². The van der Waals surface area contributed by atoms with E-state index in [1.54, 1.807) is 12.1 Å². The van der Waals surface area contributed by atoms with Crippen LogP contribution in [0.15, 0.2) is 18.2 Å². The standard InChI is InChI=1S/C16H21FN2/c1-8-6-11(17)4-5-12(8)16(19-18)15-13-9-2-3-10(7-9)14(13)15/h4-6,9-10,13-16,19H,2-3,7,18H2,1H3. The fraction of sp³-hybridized carbons (Fsp3) is 0.625. The van der Waals surface area contributed by atoms with E-state index in [9.17, 15) is 4.39 Å². The molecule has 5 atom stereocenters. The number of halogens is 1. The Morgan fingerprint density at radius 2 is 1.95 bits per heavy atom. The van der Waals surface area contributed by atoms with Crippen molar-refractivity contribution in [2.75, 3.05) is 0 Å². The third kappa shape index (κ3) is 1.61. The highest BCUT2D eigenvalue weighted by molar-refractivity contribution is 5.33. The Hall–Kier alpha value is -0.930. The van der Waals surface area contributed by atoms with Crippen LogP contribution in [-0.2, 0) is 0 Å². The third-order valence-corrected chi connectivity index (χ3v) is 5.93. The van der Waals surface area contributed by atoms with E-state index in [2.05, 4.69) is 5.43 Å². The number of hydrazine groups is 1. The minimum atomic E-state index is -0.159. The Bertz CT molecular complexity index is 499. The lowest BCUT2D eigenvalue weighted by molar-refractivity contribution is 0.373. The normalized spacial score (nSPS) is 40.3. The molecule has 1 aromatic carbocycles. The topological polar surface area (TPSA) is 38.0 Å². The summed E-state index contributed by atoms with van der Waals surface area (Å²) in [6.45, 7) is 1.98. The van der Waals surface area contributed by atoms with Crippen molar-refractivity contribution in [3.8, 4) is 0 Å². The van der Waals surface area contributed by atoms with Crippen LogP contribution in [0.25, 0.3) is 0 Å². The molecule has 0 amide bonds. The van der Waals surface area contributed by atoms with E-state index >= 15 is 0 Å². The maximum Gasteiger partial charge on any atom is 0.123 e. The van der Waals surface area contributed by atoms with Gasteiger partial charge in [0.1, 0.15) is 5.82 Å². The first kappa shape index (κ1) is 11.9. The van der Waals surface area contributed by atoms with Gasteiger partial charge >= 0.3 is 0 Å². The Labute approximate surface area is 113 Å². The number of hydrogen-bond acceptors (Lipinski definition) is 2. The summed E-state index contributed by atoms with van der Waals surface area (Å²) in [5, 5.41) is 0. The van der Waals surface area contributed by atoms with Crippen molar-refractivity contribution >= 4 is 0 Å². The van der Waals surface area contributed by atoms with Gasteiger partial charge in [0.25, 0.3) is 0 Å². The average Bonchev–Trinajstić information content (AvgIpc) is 2.80. The number of benzene rings is 1. The third-order valence-electron chi connectivity index (χ3n) is 5.93. The summed E-state index contributed by atoms with van der Waals surface area (Å²) < 4.78 is 13.2. The van der Waals surface area contributed by atoms with Crippen molar-refractivity contribution in [1.82, 2.24) is 5.43 Å². The van der Waals surface area contributed by atoms with Crippen molar-refractivity contribution < 1.29 is 4.39 Å². The highest BCUT2D eigenvalue weighted by atomic mass is 19.1. The second-order valence-electron chi connectivity index (χ2n) is 6.71. The molecule has 102 valence electrons. The zero-order valence-corrected chi connectivity index (χ0v) is 11.3. The van der Waals surface area contributed by atoms with Crippen LogP contribution >= 0.6 is 0 Å². The van der Waals surface area contributed by atoms with E-state index in [0.29, 0.717) is 5.92 Å². The summed E-state index contributed by atoms with van der Waals surface area (Å²) in [6.07, 6.45) is 4.29. The van der Waals surface area contributed by atoms with Crippen LogP contribution in [0, 0.1) is 42.3 Å². The molecule has 0 spiro atoms. The Kier molecular flexibility index (Phi) is 2.52. The fourth-order valence-electron chi connectivity index (χ4n) is 5.23. The molecule has 3 aliphatic rings. The summed E-state index contributed by atoms with van der Waals surface area (Å²) in [4.78, 5) is 0. The molecule has 0 saturated heterocycles. The number of nitrogens with two attached hydrogens (primary N) is 1. The predicted octanol–water partition coefficient (Wildman–Crippen LogP) is 2.93. The summed E-state index contributed by atoms with van der Waals surface area (Å²) in [5.41, 5.74) is 5.21. The molecule has 19 heavy (non-hydrogen) atoms. The van der Waals surface area contributed by atoms with Crippen molar-refractivity contribution in [1.29, 1.82) is 0 Å². The number of fused-ring (bicyclic) bond motifs is 5. The second kappa shape index (κ2) is 4.03. The molecule has 2 nitrogen and oxygen atoms in total. The van der Waals surface area contributed by atoms with Gasteiger partial charge in [0.15, 0.2) is 0 Å². The molecule has 3 fully saturated rings. The van der Waals surface area contributed by atoms with Crippen molar-refractivity contribution in [2.24, 2.45) is 35.4 Å². The Balaban J connectivity index is 1.63.